The number of carbonyl (C=O) groups is 1. The number of halogens is 3. The molecule has 1 saturated heterocycles. The van der Waals surface area contributed by atoms with Crippen LogP contribution in [0, 0.1) is 0 Å². The standard InChI is InChI=1S/C18H19F3N4O/c1-24-8-10-25(11-9-24)13-5-6-15(14(12-13)18(19,20)21)23-17(26)16-4-2-3-7-22-16/h2-7,12H,8-11H2,1H3,(H,23,26). The Bertz CT molecular complexity index is 772. The molecule has 1 aromatic heterocycles. The summed E-state index contributed by atoms with van der Waals surface area (Å²) in [6, 6.07) is 8.68. The molecule has 1 aliphatic heterocycles. The number of aromatic nitrogens is 1. The van der Waals surface area contributed by atoms with E-state index in [1.54, 1.807) is 18.2 Å². The largest absolute Gasteiger partial charge is 0.418 e. The van der Waals surface area contributed by atoms with Gasteiger partial charge in [-0.3, -0.25) is 9.78 Å². The summed E-state index contributed by atoms with van der Waals surface area (Å²) in [5.41, 5.74) is -0.575. The third kappa shape index (κ3) is 4.13. The minimum atomic E-state index is -4.57. The van der Waals surface area contributed by atoms with Crippen molar-refractivity contribution < 1.29 is 18.0 Å². The molecule has 2 heterocycles. The number of pyridine rings is 1. The summed E-state index contributed by atoms with van der Waals surface area (Å²) in [4.78, 5) is 20.1. The third-order valence-corrected chi connectivity index (χ3v) is 4.32. The first kappa shape index (κ1) is 18.2. The Morgan fingerprint density at radius 1 is 1.12 bits per heavy atom. The Morgan fingerprint density at radius 3 is 2.46 bits per heavy atom. The molecule has 0 atom stereocenters. The summed E-state index contributed by atoms with van der Waals surface area (Å²) < 4.78 is 40.6. The minimum absolute atomic E-state index is 0.0590. The number of alkyl halides is 3. The van der Waals surface area contributed by atoms with E-state index in [1.807, 2.05) is 11.9 Å². The first-order chi connectivity index (χ1) is 12.3. The first-order valence-corrected chi connectivity index (χ1v) is 8.22. The first-order valence-electron chi connectivity index (χ1n) is 8.22. The Kier molecular flexibility index (Phi) is 5.13. The van der Waals surface area contributed by atoms with Crippen LogP contribution >= 0.6 is 0 Å². The fourth-order valence-electron chi connectivity index (χ4n) is 2.82. The highest BCUT2D eigenvalue weighted by Crippen LogP contribution is 2.37. The predicted octanol–water partition coefficient (Wildman–Crippen LogP) is 3.10. The van der Waals surface area contributed by atoms with E-state index in [0.717, 1.165) is 19.2 Å². The second-order valence-corrected chi connectivity index (χ2v) is 6.19. The van der Waals surface area contributed by atoms with Crippen molar-refractivity contribution in [2.45, 2.75) is 6.18 Å². The number of carbonyl (C=O) groups excluding carboxylic acids is 1. The summed E-state index contributed by atoms with van der Waals surface area (Å²) in [6.07, 6.45) is -3.16. The van der Waals surface area contributed by atoms with Crippen molar-refractivity contribution >= 4 is 17.3 Å². The Morgan fingerprint density at radius 2 is 1.85 bits per heavy atom. The monoisotopic (exact) mass is 364 g/mol. The lowest BCUT2D eigenvalue weighted by Gasteiger charge is -2.34. The molecule has 0 saturated carbocycles. The van der Waals surface area contributed by atoms with Crippen LogP contribution in [-0.4, -0.2) is 49.0 Å². The van der Waals surface area contributed by atoms with Crippen LogP contribution in [0.3, 0.4) is 0 Å². The normalized spacial score (nSPS) is 15.8. The van der Waals surface area contributed by atoms with Crippen LogP contribution in [0.2, 0.25) is 0 Å². The maximum atomic E-state index is 13.5. The lowest BCUT2D eigenvalue weighted by atomic mass is 10.1. The Balaban J connectivity index is 1.87. The maximum Gasteiger partial charge on any atom is 0.418 e. The van der Waals surface area contributed by atoms with E-state index >= 15 is 0 Å². The summed E-state index contributed by atoms with van der Waals surface area (Å²) in [6.45, 7) is 2.90. The molecule has 0 bridgehead atoms. The van der Waals surface area contributed by atoms with Crippen LogP contribution < -0.4 is 10.2 Å². The fraction of sp³-hybridized carbons (Fsp3) is 0.333. The number of nitrogens with one attached hydrogen (secondary N) is 1. The van der Waals surface area contributed by atoms with Gasteiger partial charge in [0.1, 0.15) is 5.69 Å². The number of nitrogens with zero attached hydrogens (tertiary/aromatic N) is 3. The van der Waals surface area contributed by atoms with Gasteiger partial charge in [-0.1, -0.05) is 6.07 Å². The van der Waals surface area contributed by atoms with Crippen LogP contribution in [0.5, 0.6) is 0 Å². The molecule has 0 unspecified atom stereocenters. The molecule has 8 heteroatoms. The van der Waals surface area contributed by atoms with Crippen molar-refractivity contribution in [3.8, 4) is 0 Å². The van der Waals surface area contributed by atoms with Gasteiger partial charge in [-0.05, 0) is 37.4 Å². The van der Waals surface area contributed by atoms with Gasteiger partial charge in [0.05, 0.1) is 11.3 Å². The molecule has 26 heavy (non-hydrogen) atoms. The Labute approximate surface area is 149 Å². The van der Waals surface area contributed by atoms with Gasteiger partial charge in [0.25, 0.3) is 5.91 Å². The van der Waals surface area contributed by atoms with Crippen molar-refractivity contribution in [1.82, 2.24) is 9.88 Å². The summed E-state index contributed by atoms with van der Waals surface area (Å²) in [7, 11) is 1.98. The molecule has 0 aliphatic carbocycles. The number of benzene rings is 1. The number of hydrogen-bond acceptors (Lipinski definition) is 4. The number of amides is 1. The molecule has 1 fully saturated rings. The second kappa shape index (κ2) is 7.33. The lowest BCUT2D eigenvalue weighted by molar-refractivity contribution is -0.136. The average Bonchev–Trinajstić information content (AvgIpc) is 2.62. The van der Waals surface area contributed by atoms with E-state index in [-0.39, 0.29) is 11.4 Å². The minimum Gasteiger partial charge on any atom is -0.369 e. The highest BCUT2D eigenvalue weighted by Gasteiger charge is 2.35. The van der Waals surface area contributed by atoms with E-state index in [2.05, 4.69) is 15.2 Å². The van der Waals surface area contributed by atoms with E-state index in [9.17, 15) is 18.0 Å². The van der Waals surface area contributed by atoms with Crippen LogP contribution in [0.1, 0.15) is 16.1 Å². The van der Waals surface area contributed by atoms with Gasteiger partial charge in [-0.25, -0.2) is 0 Å². The van der Waals surface area contributed by atoms with Crippen LogP contribution in [0.15, 0.2) is 42.6 Å². The van der Waals surface area contributed by atoms with Gasteiger partial charge in [0.2, 0.25) is 0 Å². The van der Waals surface area contributed by atoms with Crippen molar-refractivity contribution in [3.05, 3.63) is 53.9 Å². The highest BCUT2D eigenvalue weighted by atomic mass is 19.4. The van der Waals surface area contributed by atoms with Crippen LogP contribution in [0.4, 0.5) is 24.5 Å². The number of anilines is 2. The van der Waals surface area contributed by atoms with E-state index in [4.69, 9.17) is 0 Å². The molecule has 1 N–H and O–H groups in total. The van der Waals surface area contributed by atoms with Crippen molar-refractivity contribution in [2.24, 2.45) is 0 Å². The zero-order valence-corrected chi connectivity index (χ0v) is 14.3. The molecule has 2 aromatic rings. The number of rotatable bonds is 3. The lowest BCUT2D eigenvalue weighted by Crippen LogP contribution is -2.44. The zero-order valence-electron chi connectivity index (χ0n) is 14.3. The molecule has 0 radical (unpaired) electrons. The van der Waals surface area contributed by atoms with Gasteiger partial charge in [0.15, 0.2) is 0 Å². The second-order valence-electron chi connectivity index (χ2n) is 6.19. The molecule has 5 nitrogen and oxygen atoms in total. The molecular formula is C18H19F3N4O. The summed E-state index contributed by atoms with van der Waals surface area (Å²) in [5, 5.41) is 2.32. The number of piperazine rings is 1. The SMILES string of the molecule is CN1CCN(c2ccc(NC(=O)c3ccccn3)c(C(F)(F)F)c2)CC1. The zero-order chi connectivity index (χ0) is 18.7. The van der Waals surface area contributed by atoms with E-state index < -0.39 is 17.6 Å². The van der Waals surface area contributed by atoms with Crippen molar-refractivity contribution in [2.75, 3.05) is 43.4 Å². The Hall–Kier alpha value is -2.61. The molecule has 1 aromatic carbocycles. The fourth-order valence-corrected chi connectivity index (χ4v) is 2.82. The molecule has 1 aliphatic rings. The van der Waals surface area contributed by atoms with E-state index in [0.29, 0.717) is 18.8 Å². The van der Waals surface area contributed by atoms with Crippen LogP contribution in [0.25, 0.3) is 0 Å². The molecule has 3 rings (SSSR count). The molecule has 1 amide bonds. The topological polar surface area (TPSA) is 48.5 Å². The number of hydrogen-bond donors (Lipinski definition) is 1. The molecule has 138 valence electrons. The van der Waals surface area contributed by atoms with Gasteiger partial charge in [-0.15, -0.1) is 0 Å². The van der Waals surface area contributed by atoms with Gasteiger partial charge < -0.3 is 15.1 Å². The predicted molar refractivity (Wildman–Crippen MR) is 93.3 cm³/mol. The smallest absolute Gasteiger partial charge is 0.369 e. The quantitative estimate of drug-likeness (QED) is 0.909. The summed E-state index contributed by atoms with van der Waals surface area (Å²) >= 11 is 0. The van der Waals surface area contributed by atoms with E-state index in [1.165, 1.54) is 18.3 Å². The number of likely N-dealkylation sites (N-methyl/N-ethyl adjacent to an activating group) is 1. The van der Waals surface area contributed by atoms with Gasteiger partial charge >= 0.3 is 6.18 Å². The van der Waals surface area contributed by atoms with Crippen LogP contribution in [-0.2, 0) is 6.18 Å². The maximum absolute atomic E-state index is 13.5. The van der Waals surface area contributed by atoms with Gasteiger partial charge in [0, 0.05) is 38.1 Å². The average molecular weight is 364 g/mol. The van der Waals surface area contributed by atoms with Gasteiger partial charge in [-0.2, -0.15) is 13.2 Å². The molecular weight excluding hydrogens is 345 g/mol. The van der Waals surface area contributed by atoms with Crippen molar-refractivity contribution in [3.63, 3.8) is 0 Å². The molecule has 0 spiro atoms. The highest BCUT2D eigenvalue weighted by molar-refractivity contribution is 6.03. The third-order valence-electron chi connectivity index (χ3n) is 4.32. The summed E-state index contributed by atoms with van der Waals surface area (Å²) in [5.74, 6) is -0.677. The van der Waals surface area contributed by atoms with Crippen molar-refractivity contribution in [1.29, 1.82) is 0 Å².